The van der Waals surface area contributed by atoms with Gasteiger partial charge in [0.05, 0.1) is 18.9 Å². The Morgan fingerprint density at radius 3 is 2.86 bits per heavy atom. The van der Waals surface area contributed by atoms with Gasteiger partial charge in [-0.1, -0.05) is 12.1 Å². The number of aryl methyl sites for hydroxylation is 1. The average Bonchev–Trinajstić information content (AvgIpc) is 3.03. The average molecular weight is 293 g/mol. The van der Waals surface area contributed by atoms with Gasteiger partial charge in [0, 0.05) is 35.8 Å². The molecule has 1 aliphatic heterocycles. The van der Waals surface area contributed by atoms with Crippen molar-refractivity contribution < 1.29 is 4.74 Å². The molecule has 0 amide bonds. The number of fused-ring (bicyclic) bond motifs is 1. The number of rotatable bonds is 2. The molecule has 2 aromatic heterocycles. The quantitative estimate of drug-likeness (QED) is 0.787. The molecule has 1 saturated heterocycles. The van der Waals surface area contributed by atoms with Crippen LogP contribution >= 0.6 is 0 Å². The Morgan fingerprint density at radius 2 is 2.00 bits per heavy atom. The van der Waals surface area contributed by atoms with Crippen LogP contribution in [0.15, 0.2) is 42.6 Å². The summed E-state index contributed by atoms with van der Waals surface area (Å²) in [6.07, 6.45) is 1.98. The van der Waals surface area contributed by atoms with Crippen LogP contribution in [0.2, 0.25) is 0 Å². The molecule has 3 aromatic rings. The SMILES string of the molecule is Cc1cc(-c2cccc3[nH]ccc23)nc(N2CCOCC2)c1. The minimum Gasteiger partial charge on any atom is -0.378 e. The number of pyridine rings is 1. The number of H-pyrrole nitrogens is 1. The molecule has 4 heteroatoms. The van der Waals surface area contributed by atoms with E-state index in [9.17, 15) is 0 Å². The summed E-state index contributed by atoms with van der Waals surface area (Å²) in [5.41, 5.74) is 4.59. The first kappa shape index (κ1) is 13.3. The second kappa shape index (κ2) is 5.46. The van der Waals surface area contributed by atoms with E-state index in [1.807, 2.05) is 6.20 Å². The number of aromatic nitrogens is 2. The lowest BCUT2D eigenvalue weighted by molar-refractivity contribution is 0.122. The number of hydrogen-bond acceptors (Lipinski definition) is 3. The minimum atomic E-state index is 0.776. The summed E-state index contributed by atoms with van der Waals surface area (Å²) >= 11 is 0. The smallest absolute Gasteiger partial charge is 0.129 e. The van der Waals surface area contributed by atoms with E-state index in [0.29, 0.717) is 0 Å². The number of hydrogen-bond donors (Lipinski definition) is 1. The van der Waals surface area contributed by atoms with Crippen molar-refractivity contribution in [3.8, 4) is 11.3 Å². The van der Waals surface area contributed by atoms with Crippen molar-refractivity contribution in [3.05, 3.63) is 48.2 Å². The van der Waals surface area contributed by atoms with E-state index in [2.05, 4.69) is 53.2 Å². The van der Waals surface area contributed by atoms with Crippen molar-refractivity contribution in [2.75, 3.05) is 31.2 Å². The van der Waals surface area contributed by atoms with Crippen LogP contribution in [0.5, 0.6) is 0 Å². The van der Waals surface area contributed by atoms with Crippen molar-refractivity contribution in [2.24, 2.45) is 0 Å². The Labute approximate surface area is 129 Å². The summed E-state index contributed by atoms with van der Waals surface area (Å²) in [4.78, 5) is 10.5. The Morgan fingerprint density at radius 1 is 1.14 bits per heavy atom. The van der Waals surface area contributed by atoms with Crippen LogP contribution in [0.1, 0.15) is 5.56 Å². The maximum Gasteiger partial charge on any atom is 0.129 e. The first-order chi connectivity index (χ1) is 10.8. The van der Waals surface area contributed by atoms with Gasteiger partial charge in [-0.15, -0.1) is 0 Å². The van der Waals surface area contributed by atoms with Crippen LogP contribution in [-0.2, 0) is 4.74 Å². The van der Waals surface area contributed by atoms with Crippen LogP contribution < -0.4 is 4.90 Å². The van der Waals surface area contributed by atoms with E-state index < -0.39 is 0 Å². The van der Waals surface area contributed by atoms with Crippen LogP contribution in [0.4, 0.5) is 5.82 Å². The second-order valence-electron chi connectivity index (χ2n) is 5.73. The highest BCUT2D eigenvalue weighted by atomic mass is 16.5. The van der Waals surface area contributed by atoms with Gasteiger partial charge in [0.15, 0.2) is 0 Å². The monoisotopic (exact) mass is 293 g/mol. The number of nitrogens with one attached hydrogen (secondary N) is 1. The van der Waals surface area contributed by atoms with E-state index >= 15 is 0 Å². The molecule has 22 heavy (non-hydrogen) atoms. The summed E-state index contributed by atoms with van der Waals surface area (Å²) in [5.74, 6) is 1.05. The number of nitrogens with zero attached hydrogens (tertiary/aromatic N) is 2. The maximum atomic E-state index is 5.44. The fraction of sp³-hybridized carbons (Fsp3) is 0.278. The predicted molar refractivity (Wildman–Crippen MR) is 89.3 cm³/mol. The zero-order chi connectivity index (χ0) is 14.9. The Hall–Kier alpha value is -2.33. The topological polar surface area (TPSA) is 41.2 Å². The molecule has 112 valence electrons. The van der Waals surface area contributed by atoms with Gasteiger partial charge in [0.25, 0.3) is 0 Å². The van der Waals surface area contributed by atoms with Crippen molar-refractivity contribution in [1.82, 2.24) is 9.97 Å². The predicted octanol–water partition coefficient (Wildman–Crippen LogP) is 3.37. The largest absolute Gasteiger partial charge is 0.378 e. The summed E-state index contributed by atoms with van der Waals surface area (Å²) in [6, 6.07) is 12.7. The van der Waals surface area contributed by atoms with E-state index in [1.165, 1.54) is 16.5 Å². The molecule has 4 rings (SSSR count). The lowest BCUT2D eigenvalue weighted by Crippen LogP contribution is -2.36. The molecule has 1 aromatic carbocycles. The normalized spacial score (nSPS) is 15.4. The van der Waals surface area contributed by atoms with Crippen LogP contribution in [0, 0.1) is 6.92 Å². The first-order valence-corrected chi connectivity index (χ1v) is 7.69. The molecule has 1 fully saturated rings. The minimum absolute atomic E-state index is 0.776. The highest BCUT2D eigenvalue weighted by Gasteiger charge is 2.15. The van der Waals surface area contributed by atoms with Gasteiger partial charge in [0.2, 0.25) is 0 Å². The highest BCUT2D eigenvalue weighted by Crippen LogP contribution is 2.29. The molecule has 0 radical (unpaired) electrons. The molecule has 0 atom stereocenters. The van der Waals surface area contributed by atoms with Crippen LogP contribution in [0.25, 0.3) is 22.2 Å². The van der Waals surface area contributed by atoms with Crippen molar-refractivity contribution >= 4 is 16.7 Å². The van der Waals surface area contributed by atoms with Gasteiger partial charge in [-0.2, -0.15) is 0 Å². The molecule has 1 N–H and O–H groups in total. The number of morpholine rings is 1. The van der Waals surface area contributed by atoms with Crippen molar-refractivity contribution in [3.63, 3.8) is 0 Å². The van der Waals surface area contributed by atoms with Crippen LogP contribution in [-0.4, -0.2) is 36.3 Å². The lowest BCUT2D eigenvalue weighted by Gasteiger charge is -2.28. The van der Waals surface area contributed by atoms with Gasteiger partial charge in [-0.3, -0.25) is 0 Å². The fourth-order valence-corrected chi connectivity index (χ4v) is 3.05. The molecule has 0 spiro atoms. The van der Waals surface area contributed by atoms with E-state index in [4.69, 9.17) is 9.72 Å². The molecule has 4 nitrogen and oxygen atoms in total. The first-order valence-electron chi connectivity index (χ1n) is 7.69. The number of ether oxygens (including phenoxy) is 1. The Kier molecular flexibility index (Phi) is 3.31. The van der Waals surface area contributed by atoms with Crippen molar-refractivity contribution in [1.29, 1.82) is 0 Å². The van der Waals surface area contributed by atoms with E-state index in [-0.39, 0.29) is 0 Å². The molecule has 1 aliphatic rings. The third-order valence-corrected chi connectivity index (χ3v) is 4.16. The molecule has 0 unspecified atom stereocenters. The summed E-state index contributed by atoms with van der Waals surface area (Å²) in [7, 11) is 0. The standard InChI is InChI=1S/C18H19N3O/c1-13-11-17(14-3-2-4-16-15(14)5-6-19-16)20-18(12-13)21-7-9-22-10-8-21/h2-6,11-12,19H,7-10H2,1H3. The van der Waals surface area contributed by atoms with Gasteiger partial charge in [-0.05, 0) is 36.8 Å². The van der Waals surface area contributed by atoms with Crippen LogP contribution in [0.3, 0.4) is 0 Å². The Balaban J connectivity index is 1.81. The third-order valence-electron chi connectivity index (χ3n) is 4.16. The highest BCUT2D eigenvalue weighted by molar-refractivity contribution is 5.94. The zero-order valence-corrected chi connectivity index (χ0v) is 12.7. The summed E-state index contributed by atoms with van der Waals surface area (Å²) in [5, 5.41) is 1.22. The van der Waals surface area contributed by atoms with Crippen molar-refractivity contribution in [2.45, 2.75) is 6.92 Å². The molecular weight excluding hydrogens is 274 g/mol. The summed E-state index contributed by atoms with van der Waals surface area (Å²) in [6.45, 7) is 5.50. The van der Waals surface area contributed by atoms with E-state index in [1.54, 1.807) is 0 Å². The van der Waals surface area contributed by atoms with Gasteiger partial charge < -0.3 is 14.6 Å². The molecule has 0 aliphatic carbocycles. The molecule has 0 bridgehead atoms. The van der Waals surface area contributed by atoms with Gasteiger partial charge in [0.1, 0.15) is 5.82 Å². The second-order valence-corrected chi connectivity index (χ2v) is 5.73. The number of aromatic amines is 1. The lowest BCUT2D eigenvalue weighted by atomic mass is 10.0. The molecule has 3 heterocycles. The Bertz CT molecular complexity index is 803. The van der Waals surface area contributed by atoms with Gasteiger partial charge >= 0.3 is 0 Å². The maximum absolute atomic E-state index is 5.44. The fourth-order valence-electron chi connectivity index (χ4n) is 3.05. The zero-order valence-electron chi connectivity index (χ0n) is 12.7. The number of benzene rings is 1. The van der Waals surface area contributed by atoms with Gasteiger partial charge in [-0.25, -0.2) is 4.98 Å². The number of anilines is 1. The van der Waals surface area contributed by atoms with E-state index in [0.717, 1.165) is 43.3 Å². The summed E-state index contributed by atoms with van der Waals surface area (Å²) < 4.78 is 5.44. The third kappa shape index (κ3) is 2.35. The molecule has 0 saturated carbocycles. The molecular formula is C18H19N3O.